The number of amides is 1. The molecule has 0 fully saturated rings. The smallest absolute Gasteiger partial charge is 0.255 e. The number of nitrogens with zero attached hydrogens (tertiary/aromatic N) is 1. The number of aromatic amines is 1. The normalized spacial score (nSPS) is 10.5. The first-order valence-electron chi connectivity index (χ1n) is 6.49. The third-order valence-corrected chi connectivity index (χ3v) is 3.13. The zero-order valence-electron chi connectivity index (χ0n) is 11.3. The molecular formula is C16H11F2N3O. The summed E-state index contributed by atoms with van der Waals surface area (Å²) in [6.07, 6.45) is 3.27. The fourth-order valence-electron chi connectivity index (χ4n) is 1.99. The van der Waals surface area contributed by atoms with Crippen molar-refractivity contribution >= 4 is 11.6 Å². The lowest BCUT2D eigenvalue weighted by Gasteiger charge is -2.06. The first-order valence-corrected chi connectivity index (χ1v) is 6.49. The Balaban J connectivity index is 1.75. The van der Waals surface area contributed by atoms with Crippen molar-refractivity contribution in [3.63, 3.8) is 0 Å². The third-order valence-electron chi connectivity index (χ3n) is 3.13. The van der Waals surface area contributed by atoms with Gasteiger partial charge in [0.05, 0.1) is 18.2 Å². The van der Waals surface area contributed by atoms with Crippen molar-refractivity contribution in [2.24, 2.45) is 0 Å². The third kappa shape index (κ3) is 2.85. The number of rotatable bonds is 3. The number of imidazole rings is 1. The number of benzene rings is 2. The highest BCUT2D eigenvalue weighted by Crippen LogP contribution is 2.19. The summed E-state index contributed by atoms with van der Waals surface area (Å²) in [4.78, 5) is 18.9. The standard InChI is InChI=1S/C16H11F2N3O/c17-13-6-3-11(7-14(13)18)16(22)21-12-4-1-10(2-5-12)15-8-19-9-20-15/h1-9H,(H,19,20)(H,21,22). The van der Waals surface area contributed by atoms with Gasteiger partial charge in [0.2, 0.25) is 0 Å². The molecule has 0 spiro atoms. The maximum atomic E-state index is 13.1. The summed E-state index contributed by atoms with van der Waals surface area (Å²) in [6.45, 7) is 0. The van der Waals surface area contributed by atoms with E-state index in [2.05, 4.69) is 15.3 Å². The van der Waals surface area contributed by atoms with Crippen LogP contribution in [0.25, 0.3) is 11.3 Å². The van der Waals surface area contributed by atoms with Gasteiger partial charge < -0.3 is 10.3 Å². The SMILES string of the molecule is O=C(Nc1ccc(-c2cnc[nH]2)cc1)c1ccc(F)c(F)c1. The van der Waals surface area contributed by atoms with Gasteiger partial charge in [-0.05, 0) is 35.9 Å². The molecule has 1 aromatic heterocycles. The molecule has 0 saturated heterocycles. The minimum atomic E-state index is -1.05. The highest BCUT2D eigenvalue weighted by Gasteiger charge is 2.10. The fourth-order valence-corrected chi connectivity index (χ4v) is 1.99. The lowest BCUT2D eigenvalue weighted by atomic mass is 10.1. The summed E-state index contributed by atoms with van der Waals surface area (Å²) in [7, 11) is 0. The van der Waals surface area contributed by atoms with Gasteiger partial charge >= 0.3 is 0 Å². The molecule has 3 rings (SSSR count). The average Bonchev–Trinajstić information content (AvgIpc) is 3.05. The summed E-state index contributed by atoms with van der Waals surface area (Å²) in [6, 6.07) is 10.1. The molecule has 0 bridgehead atoms. The van der Waals surface area contributed by atoms with Gasteiger partial charge in [0.15, 0.2) is 11.6 Å². The van der Waals surface area contributed by atoms with Crippen molar-refractivity contribution in [1.82, 2.24) is 9.97 Å². The summed E-state index contributed by atoms with van der Waals surface area (Å²) in [5.41, 5.74) is 2.39. The van der Waals surface area contributed by atoms with Gasteiger partial charge in [-0.3, -0.25) is 4.79 Å². The number of hydrogen-bond donors (Lipinski definition) is 2. The van der Waals surface area contributed by atoms with Crippen molar-refractivity contribution < 1.29 is 13.6 Å². The molecule has 1 amide bonds. The lowest BCUT2D eigenvalue weighted by Crippen LogP contribution is -2.12. The maximum absolute atomic E-state index is 13.1. The van der Waals surface area contributed by atoms with E-state index in [1.807, 2.05) is 12.1 Å². The van der Waals surface area contributed by atoms with Crippen LogP contribution in [0.1, 0.15) is 10.4 Å². The molecule has 6 heteroatoms. The molecular weight excluding hydrogens is 288 g/mol. The summed E-state index contributed by atoms with van der Waals surface area (Å²) in [5, 5.41) is 2.62. The molecule has 0 aliphatic rings. The molecule has 0 atom stereocenters. The Kier molecular flexibility index (Phi) is 3.65. The molecule has 2 aromatic carbocycles. The Morgan fingerprint density at radius 1 is 1.05 bits per heavy atom. The number of aromatic nitrogens is 2. The predicted octanol–water partition coefficient (Wildman–Crippen LogP) is 3.61. The number of anilines is 1. The zero-order chi connectivity index (χ0) is 15.5. The van der Waals surface area contributed by atoms with Crippen LogP contribution in [0, 0.1) is 11.6 Å². The Morgan fingerprint density at radius 3 is 2.45 bits per heavy atom. The largest absolute Gasteiger partial charge is 0.345 e. The van der Waals surface area contributed by atoms with Gasteiger partial charge in [0.25, 0.3) is 5.91 Å². The Labute approximate surface area is 124 Å². The number of carbonyl (C=O) groups excluding carboxylic acids is 1. The van der Waals surface area contributed by atoms with Crippen molar-refractivity contribution in [2.75, 3.05) is 5.32 Å². The molecule has 0 radical (unpaired) electrons. The van der Waals surface area contributed by atoms with Gasteiger partial charge in [-0.15, -0.1) is 0 Å². The van der Waals surface area contributed by atoms with Crippen molar-refractivity contribution in [1.29, 1.82) is 0 Å². The van der Waals surface area contributed by atoms with Crippen LogP contribution in [0.15, 0.2) is 55.0 Å². The van der Waals surface area contributed by atoms with Crippen molar-refractivity contribution in [2.45, 2.75) is 0 Å². The quantitative estimate of drug-likeness (QED) is 0.776. The highest BCUT2D eigenvalue weighted by molar-refractivity contribution is 6.04. The summed E-state index contributed by atoms with van der Waals surface area (Å²) < 4.78 is 26.0. The van der Waals surface area contributed by atoms with Crippen LogP contribution in [0.5, 0.6) is 0 Å². The van der Waals surface area contributed by atoms with Crippen LogP contribution in [0.4, 0.5) is 14.5 Å². The van der Waals surface area contributed by atoms with E-state index in [1.54, 1.807) is 24.7 Å². The van der Waals surface area contributed by atoms with Crippen LogP contribution in [0.3, 0.4) is 0 Å². The topological polar surface area (TPSA) is 57.8 Å². The maximum Gasteiger partial charge on any atom is 0.255 e. The summed E-state index contributed by atoms with van der Waals surface area (Å²) >= 11 is 0. The van der Waals surface area contributed by atoms with E-state index in [4.69, 9.17) is 0 Å². The second-order valence-corrected chi connectivity index (χ2v) is 4.63. The fraction of sp³-hybridized carbons (Fsp3) is 0. The Morgan fingerprint density at radius 2 is 1.82 bits per heavy atom. The number of hydrogen-bond acceptors (Lipinski definition) is 2. The monoisotopic (exact) mass is 299 g/mol. The highest BCUT2D eigenvalue weighted by atomic mass is 19.2. The predicted molar refractivity (Wildman–Crippen MR) is 78.3 cm³/mol. The molecule has 2 N–H and O–H groups in total. The molecule has 4 nitrogen and oxygen atoms in total. The van der Waals surface area contributed by atoms with E-state index in [1.165, 1.54) is 6.07 Å². The number of halogens is 2. The van der Waals surface area contributed by atoms with Crippen LogP contribution in [0.2, 0.25) is 0 Å². The number of nitrogens with one attached hydrogen (secondary N) is 2. The number of carbonyl (C=O) groups is 1. The van der Waals surface area contributed by atoms with E-state index in [9.17, 15) is 13.6 Å². The minimum absolute atomic E-state index is 0.0524. The van der Waals surface area contributed by atoms with Crippen molar-refractivity contribution in [3.8, 4) is 11.3 Å². The first-order chi connectivity index (χ1) is 10.6. The first kappa shape index (κ1) is 13.9. The molecule has 110 valence electrons. The van der Waals surface area contributed by atoms with Gasteiger partial charge in [-0.2, -0.15) is 0 Å². The molecule has 0 aliphatic carbocycles. The molecule has 1 heterocycles. The minimum Gasteiger partial charge on any atom is -0.345 e. The molecule has 0 unspecified atom stereocenters. The van der Waals surface area contributed by atoms with Gasteiger partial charge in [0, 0.05) is 11.3 Å². The second kappa shape index (κ2) is 5.77. The second-order valence-electron chi connectivity index (χ2n) is 4.63. The average molecular weight is 299 g/mol. The Hall–Kier alpha value is -3.02. The van der Waals surface area contributed by atoms with E-state index in [0.717, 1.165) is 23.4 Å². The van der Waals surface area contributed by atoms with Crippen molar-refractivity contribution in [3.05, 3.63) is 72.2 Å². The lowest BCUT2D eigenvalue weighted by molar-refractivity contribution is 0.102. The Bertz CT molecular complexity index is 799. The van der Waals surface area contributed by atoms with Gasteiger partial charge in [-0.1, -0.05) is 12.1 Å². The van der Waals surface area contributed by atoms with E-state index >= 15 is 0 Å². The van der Waals surface area contributed by atoms with Gasteiger partial charge in [-0.25, -0.2) is 13.8 Å². The van der Waals surface area contributed by atoms with E-state index < -0.39 is 17.5 Å². The van der Waals surface area contributed by atoms with Crippen LogP contribution < -0.4 is 5.32 Å². The summed E-state index contributed by atoms with van der Waals surface area (Å²) in [5.74, 6) is -2.55. The van der Waals surface area contributed by atoms with E-state index in [0.29, 0.717) is 5.69 Å². The molecule has 0 aliphatic heterocycles. The van der Waals surface area contributed by atoms with Crippen LogP contribution >= 0.6 is 0 Å². The zero-order valence-corrected chi connectivity index (χ0v) is 11.3. The number of H-pyrrole nitrogens is 1. The molecule has 3 aromatic rings. The van der Waals surface area contributed by atoms with Gasteiger partial charge in [0.1, 0.15) is 0 Å². The molecule has 22 heavy (non-hydrogen) atoms. The van der Waals surface area contributed by atoms with Crippen LogP contribution in [-0.2, 0) is 0 Å². The van der Waals surface area contributed by atoms with Crippen LogP contribution in [-0.4, -0.2) is 15.9 Å². The van der Waals surface area contributed by atoms with E-state index in [-0.39, 0.29) is 5.56 Å². The molecule has 0 saturated carbocycles.